The summed E-state index contributed by atoms with van der Waals surface area (Å²) in [5.41, 5.74) is -0.156. The van der Waals surface area contributed by atoms with Gasteiger partial charge in [-0.25, -0.2) is 0 Å². The number of nitrogens with zero attached hydrogens (tertiary/aromatic N) is 3. The second-order valence-corrected chi connectivity index (χ2v) is 7.71. The van der Waals surface area contributed by atoms with Crippen LogP contribution in [0.3, 0.4) is 0 Å². The molecule has 0 heterocycles. The van der Waals surface area contributed by atoms with E-state index in [9.17, 15) is 15.8 Å². The Labute approximate surface area is 177 Å². The Kier molecular flexibility index (Phi) is 6.43. The summed E-state index contributed by atoms with van der Waals surface area (Å²) in [5.74, 6) is -0.278. The third kappa shape index (κ3) is 3.42. The third-order valence-corrected chi connectivity index (χ3v) is 6.01. The number of ether oxygens (including phenoxy) is 2. The molecule has 0 saturated heterocycles. The fourth-order valence-electron chi connectivity index (χ4n) is 4.70. The van der Waals surface area contributed by atoms with Gasteiger partial charge >= 0.3 is 0 Å². The van der Waals surface area contributed by atoms with Crippen LogP contribution in [0.5, 0.6) is 11.5 Å². The van der Waals surface area contributed by atoms with Gasteiger partial charge in [-0.3, -0.25) is 0 Å². The lowest BCUT2D eigenvalue weighted by atomic mass is 9.53. The Morgan fingerprint density at radius 3 is 2.53 bits per heavy atom. The first-order valence-electron chi connectivity index (χ1n) is 10.5. The Balaban J connectivity index is 2.17. The molecule has 0 unspecified atom stereocenters. The van der Waals surface area contributed by atoms with Gasteiger partial charge in [0.2, 0.25) is 0 Å². The Hall–Kier alpha value is -3.30. The topological polar surface area (TPSA) is 114 Å². The van der Waals surface area contributed by atoms with Crippen molar-refractivity contribution < 1.29 is 9.47 Å². The molecule has 6 heteroatoms. The number of nitriles is 3. The molecule has 0 aromatic heterocycles. The fraction of sp³-hybridized carbons (Fsp3) is 0.500. The zero-order valence-electron chi connectivity index (χ0n) is 17.4. The summed E-state index contributed by atoms with van der Waals surface area (Å²) in [7, 11) is 0. The molecule has 0 radical (unpaired) electrons. The lowest BCUT2D eigenvalue weighted by Crippen LogP contribution is -2.48. The SMILES string of the molecule is CCCOc1ccc([C@@H]2[C@H]3CCCC=C3[C@H](C#N)C(=N)C2(C#N)C#N)cc1OCC. The summed E-state index contributed by atoms with van der Waals surface area (Å²) in [6.45, 7) is 4.94. The monoisotopic (exact) mass is 402 g/mol. The zero-order valence-corrected chi connectivity index (χ0v) is 17.4. The van der Waals surface area contributed by atoms with Gasteiger partial charge in [0.15, 0.2) is 16.9 Å². The average molecular weight is 402 g/mol. The van der Waals surface area contributed by atoms with Crippen LogP contribution in [-0.4, -0.2) is 18.9 Å². The number of hydrogen-bond acceptors (Lipinski definition) is 6. The maximum atomic E-state index is 10.1. The van der Waals surface area contributed by atoms with Crippen molar-refractivity contribution in [3.63, 3.8) is 0 Å². The molecule has 0 spiro atoms. The minimum atomic E-state index is -1.69. The van der Waals surface area contributed by atoms with Crippen LogP contribution in [0.25, 0.3) is 0 Å². The molecule has 6 nitrogen and oxygen atoms in total. The van der Waals surface area contributed by atoms with Crippen molar-refractivity contribution in [2.45, 2.75) is 45.4 Å². The molecule has 1 N–H and O–H groups in total. The maximum Gasteiger partial charge on any atom is 0.189 e. The summed E-state index contributed by atoms with van der Waals surface area (Å²) >= 11 is 0. The molecule has 0 bridgehead atoms. The average Bonchev–Trinajstić information content (AvgIpc) is 2.78. The minimum Gasteiger partial charge on any atom is -0.490 e. The first-order chi connectivity index (χ1) is 14.6. The van der Waals surface area contributed by atoms with Crippen LogP contribution in [0.1, 0.15) is 51.0 Å². The Morgan fingerprint density at radius 2 is 1.90 bits per heavy atom. The molecule has 3 rings (SSSR count). The van der Waals surface area contributed by atoms with E-state index in [0.29, 0.717) is 24.7 Å². The van der Waals surface area contributed by atoms with E-state index in [4.69, 9.17) is 14.9 Å². The fourth-order valence-corrected chi connectivity index (χ4v) is 4.70. The van der Waals surface area contributed by atoms with E-state index in [-0.39, 0.29) is 11.6 Å². The molecule has 1 aromatic carbocycles. The lowest BCUT2D eigenvalue weighted by molar-refractivity contribution is 0.274. The van der Waals surface area contributed by atoms with Gasteiger partial charge in [0.05, 0.1) is 37.1 Å². The lowest BCUT2D eigenvalue weighted by Gasteiger charge is -2.45. The predicted octanol–water partition coefficient (Wildman–Crippen LogP) is 4.89. The van der Waals surface area contributed by atoms with Crippen molar-refractivity contribution in [2.24, 2.45) is 17.3 Å². The van der Waals surface area contributed by atoms with Crippen LogP contribution in [-0.2, 0) is 0 Å². The molecule has 154 valence electrons. The normalized spacial score (nSPS) is 24.4. The molecular weight excluding hydrogens is 376 g/mol. The van der Waals surface area contributed by atoms with Crippen LogP contribution >= 0.6 is 0 Å². The highest BCUT2D eigenvalue weighted by atomic mass is 16.5. The second kappa shape index (κ2) is 9.02. The van der Waals surface area contributed by atoms with E-state index in [0.717, 1.165) is 36.8 Å². The van der Waals surface area contributed by atoms with Crippen LogP contribution < -0.4 is 9.47 Å². The molecular formula is C24H26N4O2. The van der Waals surface area contributed by atoms with Crippen molar-refractivity contribution >= 4 is 5.71 Å². The minimum absolute atomic E-state index is 0.117. The largest absolute Gasteiger partial charge is 0.490 e. The Bertz CT molecular complexity index is 962. The number of benzene rings is 1. The number of rotatable bonds is 6. The van der Waals surface area contributed by atoms with Crippen LogP contribution in [0.4, 0.5) is 0 Å². The highest BCUT2D eigenvalue weighted by molar-refractivity contribution is 6.00. The van der Waals surface area contributed by atoms with Crippen molar-refractivity contribution in [2.75, 3.05) is 13.2 Å². The van der Waals surface area contributed by atoms with E-state index < -0.39 is 17.3 Å². The number of hydrogen-bond donors (Lipinski definition) is 1. The van der Waals surface area contributed by atoms with E-state index in [1.54, 1.807) is 0 Å². The molecule has 2 aliphatic carbocycles. The van der Waals surface area contributed by atoms with Gasteiger partial charge in [-0.1, -0.05) is 19.1 Å². The highest BCUT2D eigenvalue weighted by Gasteiger charge is 2.57. The molecule has 3 atom stereocenters. The summed E-state index contributed by atoms with van der Waals surface area (Å²) in [6, 6.07) is 12.0. The van der Waals surface area contributed by atoms with Gasteiger partial charge in [-0.2, -0.15) is 15.8 Å². The van der Waals surface area contributed by atoms with E-state index in [1.165, 1.54) is 0 Å². The van der Waals surface area contributed by atoms with Crippen molar-refractivity contribution in [1.29, 1.82) is 21.2 Å². The first-order valence-corrected chi connectivity index (χ1v) is 10.5. The van der Waals surface area contributed by atoms with Gasteiger partial charge in [0, 0.05) is 5.92 Å². The molecule has 0 aliphatic heterocycles. The smallest absolute Gasteiger partial charge is 0.189 e. The van der Waals surface area contributed by atoms with E-state index >= 15 is 0 Å². The van der Waals surface area contributed by atoms with Crippen molar-refractivity contribution in [3.8, 4) is 29.7 Å². The van der Waals surface area contributed by atoms with Gasteiger partial charge in [0.1, 0.15) is 5.92 Å². The molecule has 1 aromatic rings. The van der Waals surface area contributed by atoms with Crippen LogP contribution in [0, 0.1) is 56.7 Å². The molecule has 2 aliphatic rings. The molecule has 30 heavy (non-hydrogen) atoms. The number of allylic oxidation sites excluding steroid dienone is 2. The molecule has 1 fully saturated rings. The van der Waals surface area contributed by atoms with E-state index in [1.807, 2.05) is 38.1 Å². The van der Waals surface area contributed by atoms with Gasteiger partial charge in [-0.15, -0.1) is 0 Å². The van der Waals surface area contributed by atoms with Crippen LogP contribution in [0.15, 0.2) is 29.8 Å². The van der Waals surface area contributed by atoms with Crippen LogP contribution in [0.2, 0.25) is 0 Å². The summed E-state index contributed by atoms with van der Waals surface area (Å²) in [5, 5.41) is 38.6. The number of nitrogens with one attached hydrogen (secondary N) is 1. The maximum absolute atomic E-state index is 10.1. The molecule has 0 amide bonds. The van der Waals surface area contributed by atoms with Gasteiger partial charge in [-0.05, 0) is 61.8 Å². The zero-order chi connectivity index (χ0) is 21.7. The predicted molar refractivity (Wildman–Crippen MR) is 112 cm³/mol. The second-order valence-electron chi connectivity index (χ2n) is 7.71. The Morgan fingerprint density at radius 1 is 1.13 bits per heavy atom. The highest BCUT2D eigenvalue weighted by Crippen LogP contribution is 2.55. The quantitative estimate of drug-likeness (QED) is 0.680. The van der Waals surface area contributed by atoms with Crippen molar-refractivity contribution in [1.82, 2.24) is 0 Å². The van der Waals surface area contributed by atoms with Gasteiger partial charge < -0.3 is 14.9 Å². The summed E-state index contributed by atoms with van der Waals surface area (Å²) in [4.78, 5) is 0. The number of fused-ring (bicyclic) bond motifs is 1. The summed E-state index contributed by atoms with van der Waals surface area (Å²) in [6.07, 6.45) is 5.46. The van der Waals surface area contributed by atoms with Gasteiger partial charge in [0.25, 0.3) is 0 Å². The van der Waals surface area contributed by atoms with E-state index in [2.05, 4.69) is 18.2 Å². The molecule has 1 saturated carbocycles. The standard InChI is InChI=1S/C24H26N4O2/c1-3-11-30-20-10-9-16(12-21(20)29-4-2)22-18-8-6-5-7-17(18)19(13-25)23(28)24(22,14-26)15-27/h7,9-10,12,18-19,22,28H,3-6,8,11H2,1-2H3/t18-,19-,22+/m0/s1. The first kappa shape index (κ1) is 21.4. The van der Waals surface area contributed by atoms with Crippen molar-refractivity contribution in [3.05, 3.63) is 35.4 Å². The summed E-state index contributed by atoms with van der Waals surface area (Å²) < 4.78 is 11.6. The third-order valence-electron chi connectivity index (χ3n) is 6.01.